The number of rotatable bonds is 7. The van der Waals surface area contributed by atoms with E-state index >= 15 is 0 Å². The Morgan fingerprint density at radius 3 is 2.30 bits per heavy atom. The van der Waals surface area contributed by atoms with Crippen molar-refractivity contribution in [3.8, 4) is 0 Å². The summed E-state index contributed by atoms with van der Waals surface area (Å²) in [4.78, 5) is 52.5. The Labute approximate surface area is 195 Å². The predicted octanol–water partition coefficient (Wildman–Crippen LogP) is 4.40. The second-order valence-corrected chi connectivity index (χ2v) is 7.69. The van der Waals surface area contributed by atoms with Crippen LogP contribution >= 0.6 is 11.6 Å². The van der Waals surface area contributed by atoms with Crippen molar-refractivity contribution in [2.45, 2.75) is 20.3 Å². The Hall–Kier alpha value is -3.91. The van der Waals surface area contributed by atoms with Crippen LogP contribution in [0.3, 0.4) is 0 Å². The van der Waals surface area contributed by atoms with Crippen LogP contribution in [0, 0.1) is 6.92 Å². The number of ketones is 1. The quantitative estimate of drug-likeness (QED) is 0.351. The molecule has 0 saturated carbocycles. The summed E-state index contributed by atoms with van der Waals surface area (Å²) < 4.78 is 4.80. The lowest BCUT2D eigenvalue weighted by Crippen LogP contribution is -2.20. The normalized spacial score (nSPS) is 10.4. The summed E-state index contributed by atoms with van der Waals surface area (Å²) in [6.07, 6.45) is -0.230. The van der Waals surface area contributed by atoms with Gasteiger partial charge in [0.15, 0.2) is 5.78 Å². The molecule has 0 fully saturated rings. The summed E-state index contributed by atoms with van der Waals surface area (Å²) in [5, 5.41) is 5.99. The fourth-order valence-electron chi connectivity index (χ4n) is 3.40. The van der Waals surface area contributed by atoms with E-state index in [1.165, 1.54) is 14.0 Å². The van der Waals surface area contributed by atoms with Gasteiger partial charge in [-0.2, -0.15) is 0 Å². The monoisotopic (exact) mass is 467 g/mol. The Morgan fingerprint density at radius 2 is 1.67 bits per heavy atom. The second-order valence-electron chi connectivity index (χ2n) is 7.26. The van der Waals surface area contributed by atoms with Crippen molar-refractivity contribution in [3.05, 3.63) is 81.6 Å². The number of amides is 2. The van der Waals surface area contributed by atoms with Gasteiger partial charge in [-0.25, -0.2) is 4.79 Å². The molecule has 2 amide bonds. The number of para-hydroxylation sites is 1. The number of Topliss-reactive ketones (excluding diaryl/α,β-unsaturated/α-hetero) is 1. The number of H-pyrrole nitrogens is 1. The van der Waals surface area contributed by atoms with Gasteiger partial charge in [-0.3, -0.25) is 14.4 Å². The highest BCUT2D eigenvalue weighted by Crippen LogP contribution is 2.23. The van der Waals surface area contributed by atoms with Gasteiger partial charge in [0.25, 0.3) is 5.91 Å². The molecule has 0 atom stereocenters. The zero-order valence-corrected chi connectivity index (χ0v) is 19.0. The van der Waals surface area contributed by atoms with Gasteiger partial charge in [-0.1, -0.05) is 23.7 Å². The maximum Gasteiger partial charge on any atom is 0.339 e. The topological polar surface area (TPSA) is 117 Å². The zero-order chi connectivity index (χ0) is 24.1. The molecule has 8 nitrogen and oxygen atoms in total. The minimum atomic E-state index is -0.651. The molecule has 2 aromatic carbocycles. The molecule has 3 rings (SSSR count). The highest BCUT2D eigenvalue weighted by atomic mass is 35.5. The smallest absolute Gasteiger partial charge is 0.339 e. The van der Waals surface area contributed by atoms with Crippen molar-refractivity contribution in [1.29, 1.82) is 0 Å². The van der Waals surface area contributed by atoms with Gasteiger partial charge in [0.1, 0.15) is 0 Å². The molecule has 0 aliphatic heterocycles. The fourth-order valence-corrected chi connectivity index (χ4v) is 3.52. The van der Waals surface area contributed by atoms with E-state index in [9.17, 15) is 19.2 Å². The maximum atomic E-state index is 12.8. The molecule has 33 heavy (non-hydrogen) atoms. The van der Waals surface area contributed by atoms with Crippen LogP contribution in [0.5, 0.6) is 0 Å². The van der Waals surface area contributed by atoms with Crippen LogP contribution in [0.2, 0.25) is 5.02 Å². The van der Waals surface area contributed by atoms with Crippen molar-refractivity contribution in [2.75, 3.05) is 17.7 Å². The minimum Gasteiger partial charge on any atom is -0.465 e. The number of hydrogen-bond acceptors (Lipinski definition) is 5. The van der Waals surface area contributed by atoms with Crippen LogP contribution in [-0.2, 0) is 16.0 Å². The van der Waals surface area contributed by atoms with Gasteiger partial charge in [0.05, 0.1) is 36.0 Å². The Balaban J connectivity index is 1.81. The van der Waals surface area contributed by atoms with E-state index in [1.807, 2.05) is 0 Å². The van der Waals surface area contributed by atoms with Crippen molar-refractivity contribution in [3.63, 3.8) is 0 Å². The molecule has 3 N–H and O–H groups in total. The molecule has 1 aromatic heterocycles. The predicted molar refractivity (Wildman–Crippen MR) is 125 cm³/mol. The van der Waals surface area contributed by atoms with Gasteiger partial charge >= 0.3 is 5.97 Å². The SMILES string of the molecule is COC(=O)c1c(CC(=O)Nc2ccccc2C(=O)Nc2ccc(Cl)cc2)[nH]c(C(C)=O)c1C. The highest BCUT2D eigenvalue weighted by molar-refractivity contribution is 6.30. The second kappa shape index (κ2) is 10.1. The number of halogens is 1. The summed E-state index contributed by atoms with van der Waals surface area (Å²) >= 11 is 5.87. The summed E-state index contributed by atoms with van der Waals surface area (Å²) in [5.41, 5.74) is 2.15. The first-order chi connectivity index (χ1) is 15.7. The lowest BCUT2D eigenvalue weighted by molar-refractivity contribution is -0.115. The van der Waals surface area contributed by atoms with E-state index in [4.69, 9.17) is 16.3 Å². The Morgan fingerprint density at radius 1 is 1.00 bits per heavy atom. The van der Waals surface area contributed by atoms with Crippen molar-refractivity contribution in [2.24, 2.45) is 0 Å². The van der Waals surface area contributed by atoms with E-state index in [-0.39, 0.29) is 34.7 Å². The Bertz CT molecular complexity index is 1230. The van der Waals surface area contributed by atoms with Crippen molar-refractivity contribution in [1.82, 2.24) is 4.98 Å². The third kappa shape index (κ3) is 5.48. The van der Waals surface area contributed by atoms with Crippen LogP contribution in [0.4, 0.5) is 11.4 Å². The number of aromatic amines is 1. The number of aromatic nitrogens is 1. The van der Waals surface area contributed by atoms with Gasteiger partial charge in [0, 0.05) is 23.3 Å². The third-order valence-electron chi connectivity index (χ3n) is 4.95. The molecular weight excluding hydrogens is 446 g/mol. The first-order valence-electron chi connectivity index (χ1n) is 9.97. The molecule has 0 aliphatic carbocycles. The molecule has 9 heteroatoms. The number of carbonyl (C=O) groups excluding carboxylic acids is 4. The average Bonchev–Trinajstić information content (AvgIpc) is 3.10. The van der Waals surface area contributed by atoms with Crippen LogP contribution < -0.4 is 10.6 Å². The van der Waals surface area contributed by atoms with Crippen molar-refractivity contribution < 1.29 is 23.9 Å². The number of anilines is 2. The summed E-state index contributed by atoms with van der Waals surface area (Å²) in [7, 11) is 1.22. The first kappa shape index (κ1) is 23.7. The van der Waals surface area contributed by atoms with Crippen molar-refractivity contribution >= 4 is 46.5 Å². The fraction of sp³-hybridized carbons (Fsp3) is 0.167. The van der Waals surface area contributed by atoms with Crippen LogP contribution in [0.1, 0.15) is 49.4 Å². The zero-order valence-electron chi connectivity index (χ0n) is 18.2. The number of ether oxygens (including phenoxy) is 1. The molecule has 0 saturated heterocycles. The lowest BCUT2D eigenvalue weighted by Gasteiger charge is -2.12. The number of nitrogens with one attached hydrogen (secondary N) is 3. The first-order valence-corrected chi connectivity index (χ1v) is 10.4. The molecule has 0 radical (unpaired) electrons. The molecule has 3 aromatic rings. The van der Waals surface area contributed by atoms with E-state index in [0.717, 1.165) is 0 Å². The molecule has 0 unspecified atom stereocenters. The van der Waals surface area contributed by atoms with Gasteiger partial charge in [-0.15, -0.1) is 0 Å². The lowest BCUT2D eigenvalue weighted by atomic mass is 10.1. The highest BCUT2D eigenvalue weighted by Gasteiger charge is 2.24. The maximum absolute atomic E-state index is 12.8. The van der Waals surface area contributed by atoms with E-state index in [0.29, 0.717) is 22.0 Å². The number of methoxy groups -OCH3 is 1. The average molecular weight is 468 g/mol. The van der Waals surface area contributed by atoms with Crippen LogP contribution in [0.15, 0.2) is 48.5 Å². The summed E-state index contributed by atoms with van der Waals surface area (Å²) in [6.45, 7) is 2.97. The van der Waals surface area contributed by atoms with Gasteiger partial charge in [-0.05, 0) is 48.9 Å². The molecule has 1 heterocycles. The molecule has 0 aliphatic rings. The van der Waals surface area contributed by atoms with Gasteiger partial charge < -0.3 is 20.4 Å². The number of hydrogen-bond donors (Lipinski definition) is 3. The third-order valence-corrected chi connectivity index (χ3v) is 5.21. The summed E-state index contributed by atoms with van der Waals surface area (Å²) in [6, 6.07) is 13.2. The molecular formula is C24H22ClN3O5. The number of esters is 1. The van der Waals surface area contributed by atoms with E-state index < -0.39 is 17.8 Å². The number of benzene rings is 2. The van der Waals surface area contributed by atoms with E-state index in [2.05, 4.69) is 15.6 Å². The van der Waals surface area contributed by atoms with Crippen LogP contribution in [0.25, 0.3) is 0 Å². The molecule has 0 bridgehead atoms. The molecule has 170 valence electrons. The standard InChI is InChI=1S/C24H22ClN3O5/c1-13-21(24(32)33-3)19(28-22(13)14(2)29)12-20(30)27-18-7-5-4-6-17(18)23(31)26-16-10-8-15(25)9-11-16/h4-11,28H,12H2,1-3H3,(H,26,31)(H,27,30). The summed E-state index contributed by atoms with van der Waals surface area (Å²) in [5.74, 6) is -1.82. The number of carbonyl (C=O) groups is 4. The molecule has 0 spiro atoms. The van der Waals surface area contributed by atoms with Crippen LogP contribution in [-0.4, -0.2) is 35.7 Å². The van der Waals surface area contributed by atoms with Gasteiger partial charge in [0.2, 0.25) is 5.91 Å². The largest absolute Gasteiger partial charge is 0.465 e. The van der Waals surface area contributed by atoms with E-state index in [1.54, 1.807) is 55.5 Å². The minimum absolute atomic E-state index is 0.145. The Kier molecular flexibility index (Phi) is 7.30.